The molecule has 0 bridgehead atoms. The van der Waals surface area contributed by atoms with Crippen molar-refractivity contribution in [3.8, 4) is 0 Å². The zero-order valence-corrected chi connectivity index (χ0v) is 12.3. The largest absolute Gasteiger partial charge is 0.388 e. The second kappa shape index (κ2) is 4.89. The molecule has 0 aromatic carbocycles. The molecule has 0 aromatic heterocycles. The van der Waals surface area contributed by atoms with Crippen LogP contribution in [0.4, 0.5) is 0 Å². The van der Waals surface area contributed by atoms with Crippen molar-refractivity contribution in [2.75, 3.05) is 0 Å². The van der Waals surface area contributed by atoms with Crippen molar-refractivity contribution in [2.45, 2.75) is 84.3 Å². The maximum atomic E-state index is 10.8. The first kappa shape index (κ1) is 15.0. The maximum Gasteiger partial charge on any atom is 0.0823 e. The van der Waals surface area contributed by atoms with Crippen LogP contribution in [-0.4, -0.2) is 16.2 Å². The van der Waals surface area contributed by atoms with E-state index in [1.165, 1.54) is 0 Å². The summed E-state index contributed by atoms with van der Waals surface area (Å²) in [7, 11) is 0. The first-order valence-electron chi connectivity index (χ1n) is 7.14. The summed E-state index contributed by atoms with van der Waals surface area (Å²) in [6.45, 7) is 11.1. The molecule has 2 heteroatoms. The van der Waals surface area contributed by atoms with Gasteiger partial charge in [0.2, 0.25) is 0 Å². The average molecular weight is 241 g/mol. The smallest absolute Gasteiger partial charge is 0.0823 e. The van der Waals surface area contributed by atoms with Crippen LogP contribution in [0.15, 0.2) is 0 Å². The van der Waals surface area contributed by atoms with Gasteiger partial charge in [0, 0.05) is 5.54 Å². The van der Waals surface area contributed by atoms with E-state index in [4.69, 9.17) is 5.73 Å². The fourth-order valence-corrected chi connectivity index (χ4v) is 3.28. The third-order valence-corrected chi connectivity index (χ3v) is 4.87. The summed E-state index contributed by atoms with van der Waals surface area (Å²) >= 11 is 0. The monoisotopic (exact) mass is 241 g/mol. The summed E-state index contributed by atoms with van der Waals surface area (Å²) in [4.78, 5) is 0. The van der Waals surface area contributed by atoms with Gasteiger partial charge in [-0.2, -0.15) is 0 Å². The third kappa shape index (κ3) is 3.23. The highest BCUT2D eigenvalue weighted by Crippen LogP contribution is 2.45. The lowest BCUT2D eigenvalue weighted by Crippen LogP contribution is -2.60. The summed E-state index contributed by atoms with van der Waals surface area (Å²) in [5.74, 6) is 0.722. The Labute approximate surface area is 107 Å². The van der Waals surface area contributed by atoms with Crippen LogP contribution >= 0.6 is 0 Å². The van der Waals surface area contributed by atoms with E-state index in [1.807, 2.05) is 6.92 Å². The molecule has 1 rings (SSSR count). The van der Waals surface area contributed by atoms with Crippen molar-refractivity contribution in [2.24, 2.45) is 17.1 Å². The van der Waals surface area contributed by atoms with Crippen LogP contribution in [0.2, 0.25) is 0 Å². The molecule has 102 valence electrons. The van der Waals surface area contributed by atoms with Gasteiger partial charge in [-0.1, -0.05) is 34.1 Å². The second-order valence-electron chi connectivity index (χ2n) is 7.34. The highest BCUT2D eigenvalue weighted by Gasteiger charge is 2.46. The van der Waals surface area contributed by atoms with Gasteiger partial charge in [0.1, 0.15) is 0 Å². The Kier molecular flexibility index (Phi) is 4.31. The summed E-state index contributed by atoms with van der Waals surface area (Å²) in [6, 6.07) is 0. The normalized spacial score (nSPS) is 34.4. The lowest BCUT2D eigenvalue weighted by molar-refractivity contribution is -0.0800. The van der Waals surface area contributed by atoms with Crippen molar-refractivity contribution in [3.05, 3.63) is 0 Å². The van der Waals surface area contributed by atoms with Crippen molar-refractivity contribution in [3.63, 3.8) is 0 Å². The lowest BCUT2D eigenvalue weighted by Gasteiger charge is -2.49. The van der Waals surface area contributed by atoms with Gasteiger partial charge in [-0.15, -0.1) is 0 Å². The molecule has 0 aromatic rings. The highest BCUT2D eigenvalue weighted by atomic mass is 16.3. The zero-order chi connectivity index (χ0) is 13.3. The Balaban J connectivity index is 2.67. The Hall–Kier alpha value is -0.0800. The standard InChI is InChI=1S/C15H31NO/c1-6-9-14(5,16)15(17)10-7-12(8-11-15)13(2,3)4/h12,17H,6-11,16H2,1-5H3. The summed E-state index contributed by atoms with van der Waals surface area (Å²) in [6.07, 6.45) is 5.89. The van der Waals surface area contributed by atoms with Gasteiger partial charge in [0.05, 0.1) is 5.60 Å². The molecule has 1 unspecified atom stereocenters. The van der Waals surface area contributed by atoms with Gasteiger partial charge in [-0.25, -0.2) is 0 Å². The van der Waals surface area contributed by atoms with Crippen LogP contribution in [0, 0.1) is 11.3 Å². The molecule has 1 aliphatic rings. The molecule has 1 aliphatic carbocycles. The fraction of sp³-hybridized carbons (Fsp3) is 1.00. The van der Waals surface area contributed by atoms with Crippen LogP contribution in [-0.2, 0) is 0 Å². The Morgan fingerprint density at radius 1 is 1.18 bits per heavy atom. The van der Waals surface area contributed by atoms with Gasteiger partial charge < -0.3 is 10.8 Å². The number of hydrogen-bond donors (Lipinski definition) is 2. The number of aliphatic hydroxyl groups is 1. The highest BCUT2D eigenvalue weighted by molar-refractivity contribution is 5.03. The molecule has 0 spiro atoms. The predicted octanol–water partition coefficient (Wildman–Crippen LogP) is 3.47. The molecule has 1 saturated carbocycles. The van der Waals surface area contributed by atoms with Crippen molar-refractivity contribution < 1.29 is 5.11 Å². The first-order chi connectivity index (χ1) is 7.62. The number of rotatable bonds is 3. The molecular weight excluding hydrogens is 210 g/mol. The van der Waals surface area contributed by atoms with E-state index in [9.17, 15) is 5.11 Å². The molecule has 0 aliphatic heterocycles. The second-order valence-corrected chi connectivity index (χ2v) is 7.34. The molecule has 2 nitrogen and oxygen atoms in total. The molecule has 0 radical (unpaired) electrons. The van der Waals surface area contributed by atoms with Gasteiger partial charge in [0.15, 0.2) is 0 Å². The van der Waals surface area contributed by atoms with Crippen molar-refractivity contribution >= 4 is 0 Å². The van der Waals surface area contributed by atoms with E-state index in [1.54, 1.807) is 0 Å². The zero-order valence-electron chi connectivity index (χ0n) is 12.3. The fourth-order valence-electron chi connectivity index (χ4n) is 3.28. The van der Waals surface area contributed by atoms with E-state index in [2.05, 4.69) is 27.7 Å². The van der Waals surface area contributed by atoms with E-state index >= 15 is 0 Å². The van der Waals surface area contributed by atoms with Crippen LogP contribution in [0.3, 0.4) is 0 Å². The minimum absolute atomic E-state index is 0.358. The van der Waals surface area contributed by atoms with Gasteiger partial charge in [0.25, 0.3) is 0 Å². The quantitative estimate of drug-likeness (QED) is 0.794. The topological polar surface area (TPSA) is 46.2 Å². The van der Waals surface area contributed by atoms with Crippen LogP contribution in [0.25, 0.3) is 0 Å². The molecule has 3 N–H and O–H groups in total. The molecular formula is C15H31NO. The average Bonchev–Trinajstić information content (AvgIpc) is 2.16. The van der Waals surface area contributed by atoms with Crippen LogP contribution in [0.1, 0.15) is 73.1 Å². The van der Waals surface area contributed by atoms with E-state index < -0.39 is 11.1 Å². The number of nitrogens with two attached hydrogens (primary N) is 1. The molecule has 0 amide bonds. The summed E-state index contributed by atoms with van der Waals surface area (Å²) < 4.78 is 0. The molecule has 0 heterocycles. The first-order valence-corrected chi connectivity index (χ1v) is 7.14. The summed E-state index contributed by atoms with van der Waals surface area (Å²) in [5, 5.41) is 10.8. The van der Waals surface area contributed by atoms with E-state index in [0.29, 0.717) is 5.41 Å². The van der Waals surface area contributed by atoms with E-state index in [0.717, 1.165) is 44.4 Å². The Bertz CT molecular complexity index is 244. The maximum absolute atomic E-state index is 10.8. The Morgan fingerprint density at radius 3 is 2.00 bits per heavy atom. The number of hydrogen-bond acceptors (Lipinski definition) is 2. The molecule has 0 saturated heterocycles. The van der Waals surface area contributed by atoms with Crippen molar-refractivity contribution in [1.29, 1.82) is 0 Å². The summed E-state index contributed by atoms with van der Waals surface area (Å²) in [5.41, 5.74) is 5.62. The van der Waals surface area contributed by atoms with Gasteiger partial charge in [-0.3, -0.25) is 0 Å². The minimum Gasteiger partial charge on any atom is -0.388 e. The molecule has 1 atom stereocenters. The lowest BCUT2D eigenvalue weighted by atomic mass is 9.63. The minimum atomic E-state index is -0.648. The van der Waals surface area contributed by atoms with Crippen LogP contribution in [0.5, 0.6) is 0 Å². The molecule has 1 fully saturated rings. The van der Waals surface area contributed by atoms with Gasteiger partial charge in [-0.05, 0) is 50.4 Å². The third-order valence-electron chi connectivity index (χ3n) is 4.87. The predicted molar refractivity (Wildman–Crippen MR) is 73.9 cm³/mol. The molecule has 17 heavy (non-hydrogen) atoms. The van der Waals surface area contributed by atoms with E-state index in [-0.39, 0.29) is 0 Å². The van der Waals surface area contributed by atoms with Gasteiger partial charge >= 0.3 is 0 Å². The van der Waals surface area contributed by atoms with Crippen LogP contribution < -0.4 is 5.73 Å². The SMILES string of the molecule is CCCC(C)(N)C1(O)CCC(C(C)(C)C)CC1. The van der Waals surface area contributed by atoms with Crippen molar-refractivity contribution in [1.82, 2.24) is 0 Å². The Morgan fingerprint density at radius 2 is 1.65 bits per heavy atom.